The van der Waals surface area contributed by atoms with Gasteiger partial charge in [-0.25, -0.2) is 0 Å². The first-order valence-corrected chi connectivity index (χ1v) is 12.6. The van der Waals surface area contributed by atoms with Gasteiger partial charge in [-0.15, -0.1) is 0 Å². The zero-order valence-electron chi connectivity index (χ0n) is 20.5. The maximum atomic E-state index is 3.64. The van der Waals surface area contributed by atoms with Crippen LogP contribution in [-0.2, 0) is 0 Å². The van der Waals surface area contributed by atoms with Crippen molar-refractivity contribution in [2.24, 2.45) is 17.3 Å². The summed E-state index contributed by atoms with van der Waals surface area (Å²) in [5.74, 6) is 1.50. The molecule has 2 atom stereocenters. The highest BCUT2D eigenvalue weighted by Crippen LogP contribution is 2.31. The topological polar surface area (TPSA) is 24.1 Å². The first-order valence-electron chi connectivity index (χ1n) is 12.6. The third kappa shape index (κ3) is 11.3. The van der Waals surface area contributed by atoms with Gasteiger partial charge in [0, 0.05) is 24.5 Å². The Morgan fingerprint density at radius 2 is 1.23 bits per heavy atom. The van der Waals surface area contributed by atoms with E-state index in [1.807, 2.05) is 0 Å². The van der Waals surface area contributed by atoms with Gasteiger partial charge in [0.05, 0.1) is 0 Å². The Morgan fingerprint density at radius 3 is 1.77 bits per heavy atom. The fraction of sp³-hybridized carbons (Fsp3) is 0.586. The van der Waals surface area contributed by atoms with E-state index in [0.29, 0.717) is 11.3 Å². The normalized spacial score (nSPS) is 13.5. The summed E-state index contributed by atoms with van der Waals surface area (Å²) in [7, 11) is 0. The minimum absolute atomic E-state index is 0.455. The van der Waals surface area contributed by atoms with Crippen LogP contribution in [-0.4, -0.2) is 13.1 Å². The molecule has 172 valence electrons. The molecule has 2 aromatic rings. The number of anilines is 2. The monoisotopic (exact) mass is 422 g/mol. The zero-order valence-corrected chi connectivity index (χ0v) is 20.5. The van der Waals surface area contributed by atoms with E-state index in [2.05, 4.69) is 99.0 Å². The molecular formula is C29H46N2. The van der Waals surface area contributed by atoms with Crippen LogP contribution in [0.1, 0.15) is 79.1 Å². The molecule has 0 heterocycles. The van der Waals surface area contributed by atoms with Gasteiger partial charge in [-0.3, -0.25) is 0 Å². The molecule has 2 unspecified atom stereocenters. The van der Waals surface area contributed by atoms with E-state index in [1.54, 1.807) is 0 Å². The summed E-state index contributed by atoms with van der Waals surface area (Å²) in [6.07, 6.45) is 10.6. The molecule has 2 heteroatoms. The Hall–Kier alpha value is -1.96. The van der Waals surface area contributed by atoms with Gasteiger partial charge < -0.3 is 10.6 Å². The minimum Gasteiger partial charge on any atom is -0.385 e. The van der Waals surface area contributed by atoms with E-state index in [9.17, 15) is 0 Å². The Morgan fingerprint density at radius 1 is 0.710 bits per heavy atom. The van der Waals surface area contributed by atoms with Gasteiger partial charge >= 0.3 is 0 Å². The third-order valence-electron chi connectivity index (χ3n) is 6.51. The highest BCUT2D eigenvalue weighted by Gasteiger charge is 2.19. The van der Waals surface area contributed by atoms with E-state index < -0.39 is 0 Å². The number of rotatable bonds is 16. The van der Waals surface area contributed by atoms with Crippen molar-refractivity contribution >= 4 is 11.4 Å². The summed E-state index contributed by atoms with van der Waals surface area (Å²) in [5.41, 5.74) is 2.94. The van der Waals surface area contributed by atoms with Crippen molar-refractivity contribution in [3.05, 3.63) is 60.7 Å². The number of hydrogen-bond acceptors (Lipinski definition) is 2. The molecular weight excluding hydrogens is 376 g/mol. The molecule has 0 aliphatic rings. The van der Waals surface area contributed by atoms with Crippen molar-refractivity contribution in [3.63, 3.8) is 0 Å². The molecule has 0 aliphatic heterocycles. The van der Waals surface area contributed by atoms with Gasteiger partial charge in [0.15, 0.2) is 0 Å². The van der Waals surface area contributed by atoms with Crippen LogP contribution in [0.25, 0.3) is 0 Å². The van der Waals surface area contributed by atoms with Gasteiger partial charge in [0.2, 0.25) is 0 Å². The van der Waals surface area contributed by atoms with Gasteiger partial charge in [0.1, 0.15) is 0 Å². The van der Waals surface area contributed by atoms with Crippen LogP contribution in [0.5, 0.6) is 0 Å². The molecule has 0 spiro atoms. The molecule has 0 fully saturated rings. The summed E-state index contributed by atoms with van der Waals surface area (Å²) in [6, 6.07) is 21.2. The van der Waals surface area contributed by atoms with Crippen molar-refractivity contribution in [3.8, 4) is 0 Å². The molecule has 2 N–H and O–H groups in total. The van der Waals surface area contributed by atoms with Crippen molar-refractivity contribution in [1.29, 1.82) is 0 Å². The molecule has 0 saturated heterocycles. The molecule has 0 saturated carbocycles. The van der Waals surface area contributed by atoms with Crippen molar-refractivity contribution in [2.45, 2.75) is 79.1 Å². The lowest BCUT2D eigenvalue weighted by Gasteiger charge is -2.27. The van der Waals surface area contributed by atoms with E-state index >= 15 is 0 Å². The highest BCUT2D eigenvalue weighted by atomic mass is 14.9. The molecule has 0 amide bonds. The van der Waals surface area contributed by atoms with Crippen LogP contribution in [0.2, 0.25) is 0 Å². The van der Waals surface area contributed by atoms with Crippen LogP contribution in [0.3, 0.4) is 0 Å². The van der Waals surface area contributed by atoms with Crippen LogP contribution < -0.4 is 10.6 Å². The summed E-state index contributed by atoms with van der Waals surface area (Å²) >= 11 is 0. The van der Waals surface area contributed by atoms with Gasteiger partial charge in [-0.1, -0.05) is 83.4 Å². The number of para-hydroxylation sites is 2. The molecule has 0 aliphatic carbocycles. The highest BCUT2D eigenvalue weighted by molar-refractivity contribution is 5.42. The van der Waals surface area contributed by atoms with E-state index in [4.69, 9.17) is 0 Å². The Kier molecular flexibility index (Phi) is 11.6. The van der Waals surface area contributed by atoms with E-state index in [1.165, 1.54) is 62.7 Å². The molecule has 31 heavy (non-hydrogen) atoms. The molecule has 0 bridgehead atoms. The zero-order chi connectivity index (χ0) is 22.4. The standard InChI is InChI=1S/C29H46N2/c1-5-14-26(24-31-28-19-10-7-11-20-28)16-13-22-29(3,4)21-12-15-25(2)23-30-27-17-8-6-9-18-27/h6-11,17-20,25-26,30-31H,5,12-16,21-24H2,1-4H3. The predicted molar refractivity (Wildman–Crippen MR) is 139 cm³/mol. The van der Waals surface area contributed by atoms with Crippen LogP contribution in [0.15, 0.2) is 60.7 Å². The fourth-order valence-corrected chi connectivity index (χ4v) is 4.45. The third-order valence-corrected chi connectivity index (χ3v) is 6.51. The van der Waals surface area contributed by atoms with Gasteiger partial charge in [-0.05, 0) is 73.6 Å². The lowest BCUT2D eigenvalue weighted by Crippen LogP contribution is -2.17. The fourth-order valence-electron chi connectivity index (χ4n) is 4.45. The molecule has 2 nitrogen and oxygen atoms in total. The Labute approximate surface area is 192 Å². The SMILES string of the molecule is CCCC(CCCC(C)(C)CCCC(C)CNc1ccccc1)CNc1ccccc1. The first kappa shape index (κ1) is 25.3. The molecule has 2 aromatic carbocycles. The molecule has 0 aromatic heterocycles. The largest absolute Gasteiger partial charge is 0.385 e. The second kappa shape index (κ2) is 14.2. The quantitative estimate of drug-likeness (QED) is 0.283. The van der Waals surface area contributed by atoms with Crippen molar-refractivity contribution < 1.29 is 0 Å². The van der Waals surface area contributed by atoms with Crippen LogP contribution in [0, 0.1) is 17.3 Å². The van der Waals surface area contributed by atoms with Crippen LogP contribution >= 0.6 is 0 Å². The lowest BCUT2D eigenvalue weighted by atomic mass is 9.80. The lowest BCUT2D eigenvalue weighted by molar-refractivity contribution is 0.268. The van der Waals surface area contributed by atoms with Crippen LogP contribution in [0.4, 0.5) is 11.4 Å². The summed E-state index contributed by atoms with van der Waals surface area (Å²) < 4.78 is 0. The number of benzene rings is 2. The van der Waals surface area contributed by atoms with E-state index in [0.717, 1.165) is 19.0 Å². The predicted octanol–water partition coefficient (Wildman–Crippen LogP) is 8.63. The molecule has 2 rings (SSSR count). The summed E-state index contributed by atoms with van der Waals surface area (Å²) in [6.45, 7) is 11.8. The first-order chi connectivity index (χ1) is 15.0. The Balaban J connectivity index is 1.61. The Bertz CT molecular complexity index is 680. The van der Waals surface area contributed by atoms with E-state index in [-0.39, 0.29) is 0 Å². The maximum Gasteiger partial charge on any atom is 0.0340 e. The minimum atomic E-state index is 0.455. The van der Waals surface area contributed by atoms with Crippen molar-refractivity contribution in [2.75, 3.05) is 23.7 Å². The maximum absolute atomic E-state index is 3.64. The average Bonchev–Trinajstić information content (AvgIpc) is 2.77. The summed E-state index contributed by atoms with van der Waals surface area (Å²) in [5, 5.41) is 7.21. The smallest absolute Gasteiger partial charge is 0.0340 e. The summed E-state index contributed by atoms with van der Waals surface area (Å²) in [4.78, 5) is 0. The number of hydrogen-bond donors (Lipinski definition) is 2. The molecule has 0 radical (unpaired) electrons. The van der Waals surface area contributed by atoms with Gasteiger partial charge in [-0.2, -0.15) is 0 Å². The number of nitrogens with one attached hydrogen (secondary N) is 2. The van der Waals surface area contributed by atoms with Gasteiger partial charge in [0.25, 0.3) is 0 Å². The second-order valence-corrected chi connectivity index (χ2v) is 10.2. The van der Waals surface area contributed by atoms with Crippen molar-refractivity contribution in [1.82, 2.24) is 0 Å². The average molecular weight is 423 g/mol. The second-order valence-electron chi connectivity index (χ2n) is 10.2.